The first-order valence-corrected chi connectivity index (χ1v) is 8.57. The van der Waals surface area contributed by atoms with Gasteiger partial charge in [0.2, 0.25) is 5.89 Å². The van der Waals surface area contributed by atoms with Crippen LogP contribution in [0.2, 0.25) is 0 Å². The van der Waals surface area contributed by atoms with Gasteiger partial charge in [-0.1, -0.05) is 47.1 Å². The predicted molar refractivity (Wildman–Crippen MR) is 97.7 cm³/mol. The Morgan fingerprint density at radius 1 is 1.17 bits per heavy atom. The number of nitrogens with zero attached hydrogens (tertiary/aromatic N) is 1. The quantitative estimate of drug-likeness (QED) is 0.679. The van der Waals surface area contributed by atoms with Crippen molar-refractivity contribution in [2.24, 2.45) is 0 Å². The summed E-state index contributed by atoms with van der Waals surface area (Å²) in [5.74, 6) is 0.993. The average Bonchev–Trinajstić information content (AvgIpc) is 3.10. The third-order valence-corrected chi connectivity index (χ3v) is 4.10. The lowest BCUT2D eigenvalue weighted by atomic mass is 10.1. The monoisotopic (exact) mass is 384 g/mol. The van der Waals surface area contributed by atoms with E-state index in [1.165, 1.54) is 0 Å². The highest BCUT2D eigenvalue weighted by atomic mass is 79.9. The SMILES string of the molecule is CCCNC(=O)c1ccccc1-c1ncc(-c2ccc(Br)cc2)o1. The van der Waals surface area contributed by atoms with Gasteiger partial charge in [0.25, 0.3) is 5.91 Å². The number of hydrogen-bond donors (Lipinski definition) is 1. The Kier molecular flexibility index (Phi) is 5.11. The van der Waals surface area contributed by atoms with Crippen LogP contribution in [-0.2, 0) is 0 Å². The van der Waals surface area contributed by atoms with Crippen LogP contribution in [0.4, 0.5) is 0 Å². The van der Waals surface area contributed by atoms with Gasteiger partial charge in [-0.15, -0.1) is 0 Å². The van der Waals surface area contributed by atoms with Gasteiger partial charge in [-0.05, 0) is 30.7 Å². The van der Waals surface area contributed by atoms with Crippen LogP contribution in [0.5, 0.6) is 0 Å². The second-order valence-electron chi connectivity index (χ2n) is 5.34. The Hall–Kier alpha value is -2.40. The topological polar surface area (TPSA) is 55.1 Å². The number of carbonyl (C=O) groups is 1. The van der Waals surface area contributed by atoms with Gasteiger partial charge >= 0.3 is 0 Å². The molecule has 3 rings (SSSR count). The molecule has 0 aliphatic carbocycles. The van der Waals surface area contributed by atoms with E-state index in [2.05, 4.69) is 26.2 Å². The molecule has 122 valence electrons. The van der Waals surface area contributed by atoms with Gasteiger partial charge < -0.3 is 9.73 Å². The Labute approximate surface area is 149 Å². The molecule has 1 aromatic heterocycles. The number of aromatic nitrogens is 1. The summed E-state index contributed by atoms with van der Waals surface area (Å²) in [6.07, 6.45) is 2.57. The standard InChI is InChI=1S/C19H17BrN2O2/c1-2-11-21-18(23)15-5-3-4-6-16(15)19-22-12-17(24-19)13-7-9-14(20)10-8-13/h3-10,12H,2,11H2,1H3,(H,21,23). The fraction of sp³-hybridized carbons (Fsp3) is 0.158. The molecule has 0 saturated carbocycles. The van der Waals surface area contributed by atoms with Gasteiger partial charge in [-0.3, -0.25) is 4.79 Å². The highest BCUT2D eigenvalue weighted by Gasteiger charge is 2.16. The molecule has 2 aromatic carbocycles. The predicted octanol–water partition coefficient (Wildman–Crippen LogP) is 4.91. The molecule has 0 unspecified atom stereocenters. The van der Waals surface area contributed by atoms with Gasteiger partial charge in [-0.2, -0.15) is 0 Å². The lowest BCUT2D eigenvalue weighted by Gasteiger charge is -2.07. The van der Waals surface area contributed by atoms with E-state index in [4.69, 9.17) is 4.42 Å². The van der Waals surface area contributed by atoms with Crippen LogP contribution in [0.1, 0.15) is 23.7 Å². The maximum atomic E-state index is 12.3. The van der Waals surface area contributed by atoms with Crippen molar-refractivity contribution < 1.29 is 9.21 Å². The van der Waals surface area contributed by atoms with Gasteiger partial charge in [0.05, 0.1) is 11.8 Å². The number of carbonyl (C=O) groups excluding carboxylic acids is 1. The second-order valence-corrected chi connectivity index (χ2v) is 6.25. The van der Waals surface area contributed by atoms with E-state index in [0.29, 0.717) is 29.3 Å². The zero-order chi connectivity index (χ0) is 16.9. The Balaban J connectivity index is 1.93. The summed E-state index contributed by atoms with van der Waals surface area (Å²) in [4.78, 5) is 16.7. The maximum absolute atomic E-state index is 12.3. The molecule has 0 aliphatic heterocycles. The van der Waals surface area contributed by atoms with Crippen molar-refractivity contribution in [1.29, 1.82) is 0 Å². The zero-order valence-corrected chi connectivity index (χ0v) is 14.8. The summed E-state index contributed by atoms with van der Waals surface area (Å²) in [6, 6.07) is 15.1. The Morgan fingerprint density at radius 3 is 2.67 bits per heavy atom. The van der Waals surface area contributed by atoms with Gasteiger partial charge in [0.1, 0.15) is 0 Å². The lowest BCUT2D eigenvalue weighted by Crippen LogP contribution is -2.24. The summed E-state index contributed by atoms with van der Waals surface area (Å²) in [5.41, 5.74) is 2.19. The van der Waals surface area contributed by atoms with E-state index in [9.17, 15) is 4.79 Å². The summed E-state index contributed by atoms with van der Waals surface area (Å²) < 4.78 is 6.89. The fourth-order valence-corrected chi connectivity index (χ4v) is 2.61. The smallest absolute Gasteiger partial charge is 0.252 e. The summed E-state index contributed by atoms with van der Waals surface area (Å²) >= 11 is 3.42. The van der Waals surface area contributed by atoms with E-state index in [-0.39, 0.29) is 5.91 Å². The van der Waals surface area contributed by atoms with Gasteiger partial charge in [0, 0.05) is 22.1 Å². The molecule has 1 heterocycles. The first kappa shape index (κ1) is 16.5. The molecule has 0 bridgehead atoms. The minimum absolute atomic E-state index is 0.115. The van der Waals surface area contributed by atoms with Crippen LogP contribution in [0.3, 0.4) is 0 Å². The molecule has 0 fully saturated rings. The van der Waals surface area contributed by atoms with Gasteiger partial charge in [0.15, 0.2) is 5.76 Å². The second kappa shape index (κ2) is 7.45. The largest absolute Gasteiger partial charge is 0.436 e. The van der Waals surface area contributed by atoms with Crippen molar-refractivity contribution >= 4 is 21.8 Å². The van der Waals surface area contributed by atoms with E-state index in [0.717, 1.165) is 16.5 Å². The van der Waals surface area contributed by atoms with Crippen LogP contribution >= 0.6 is 15.9 Å². The molecule has 1 N–H and O–H groups in total. The van der Waals surface area contributed by atoms with Crippen LogP contribution in [0, 0.1) is 0 Å². The average molecular weight is 385 g/mol. The molecule has 0 saturated heterocycles. The van der Waals surface area contributed by atoms with Crippen LogP contribution < -0.4 is 5.32 Å². The lowest BCUT2D eigenvalue weighted by molar-refractivity contribution is 0.0954. The fourth-order valence-electron chi connectivity index (χ4n) is 2.35. The minimum atomic E-state index is -0.115. The van der Waals surface area contributed by atoms with Crippen LogP contribution in [-0.4, -0.2) is 17.4 Å². The molecular weight excluding hydrogens is 368 g/mol. The van der Waals surface area contributed by atoms with Crippen molar-refractivity contribution in [3.63, 3.8) is 0 Å². The first-order chi connectivity index (χ1) is 11.7. The Bertz CT molecular complexity index is 841. The maximum Gasteiger partial charge on any atom is 0.252 e. The number of halogens is 1. The number of nitrogens with one attached hydrogen (secondary N) is 1. The number of oxazole rings is 1. The normalized spacial score (nSPS) is 10.6. The highest BCUT2D eigenvalue weighted by molar-refractivity contribution is 9.10. The molecule has 3 aromatic rings. The molecule has 24 heavy (non-hydrogen) atoms. The summed E-state index contributed by atoms with van der Waals surface area (Å²) in [7, 11) is 0. The molecule has 0 aliphatic rings. The van der Waals surface area contributed by atoms with Crippen molar-refractivity contribution in [2.75, 3.05) is 6.54 Å². The van der Waals surface area contributed by atoms with E-state index in [1.807, 2.05) is 49.4 Å². The number of rotatable bonds is 5. The summed E-state index contributed by atoms with van der Waals surface area (Å²) in [6.45, 7) is 2.66. The number of hydrogen-bond acceptors (Lipinski definition) is 3. The number of benzene rings is 2. The molecule has 1 amide bonds. The molecular formula is C19H17BrN2O2. The van der Waals surface area contributed by atoms with E-state index >= 15 is 0 Å². The van der Waals surface area contributed by atoms with Crippen molar-refractivity contribution in [2.45, 2.75) is 13.3 Å². The molecule has 0 radical (unpaired) electrons. The minimum Gasteiger partial charge on any atom is -0.436 e. The Morgan fingerprint density at radius 2 is 1.92 bits per heavy atom. The molecule has 0 spiro atoms. The molecule has 4 nitrogen and oxygen atoms in total. The summed E-state index contributed by atoms with van der Waals surface area (Å²) in [5, 5.41) is 2.89. The molecule has 0 atom stereocenters. The third kappa shape index (κ3) is 3.57. The van der Waals surface area contributed by atoms with E-state index in [1.54, 1.807) is 12.3 Å². The first-order valence-electron chi connectivity index (χ1n) is 7.78. The number of amides is 1. The van der Waals surface area contributed by atoms with Gasteiger partial charge in [-0.25, -0.2) is 4.98 Å². The van der Waals surface area contributed by atoms with Crippen molar-refractivity contribution in [3.8, 4) is 22.8 Å². The zero-order valence-electron chi connectivity index (χ0n) is 13.3. The van der Waals surface area contributed by atoms with Crippen LogP contribution in [0.15, 0.2) is 63.6 Å². The third-order valence-electron chi connectivity index (χ3n) is 3.57. The van der Waals surface area contributed by atoms with E-state index < -0.39 is 0 Å². The van der Waals surface area contributed by atoms with Crippen LogP contribution in [0.25, 0.3) is 22.8 Å². The highest BCUT2D eigenvalue weighted by Crippen LogP contribution is 2.28. The van der Waals surface area contributed by atoms with Crippen molar-refractivity contribution in [1.82, 2.24) is 10.3 Å². The molecule has 5 heteroatoms. The van der Waals surface area contributed by atoms with Crippen molar-refractivity contribution in [3.05, 3.63) is 64.8 Å².